The van der Waals surface area contributed by atoms with Crippen molar-refractivity contribution < 1.29 is 4.79 Å². The number of carbonyl (C=O) groups is 1. The van der Waals surface area contributed by atoms with E-state index in [1.165, 1.54) is 5.56 Å². The fourth-order valence-corrected chi connectivity index (χ4v) is 1.40. The van der Waals surface area contributed by atoms with Crippen molar-refractivity contribution >= 4 is 11.6 Å². The molecule has 1 aromatic carbocycles. The van der Waals surface area contributed by atoms with Crippen LogP contribution in [-0.2, 0) is 11.3 Å². The van der Waals surface area contributed by atoms with Crippen LogP contribution >= 0.6 is 0 Å². The summed E-state index contributed by atoms with van der Waals surface area (Å²) in [5.74, 6) is 0.0720. The van der Waals surface area contributed by atoms with Crippen molar-refractivity contribution in [1.29, 1.82) is 0 Å². The van der Waals surface area contributed by atoms with E-state index in [2.05, 4.69) is 17.6 Å². The molecule has 17 heavy (non-hydrogen) atoms. The van der Waals surface area contributed by atoms with Gasteiger partial charge in [-0.15, -0.1) is 0 Å². The monoisotopic (exact) mass is 234 g/mol. The maximum atomic E-state index is 11.5. The fourth-order valence-electron chi connectivity index (χ4n) is 1.40. The summed E-state index contributed by atoms with van der Waals surface area (Å²) in [7, 11) is 0. The number of hydrogen-bond acceptors (Lipinski definition) is 2. The summed E-state index contributed by atoms with van der Waals surface area (Å²) < 4.78 is 0. The van der Waals surface area contributed by atoms with E-state index in [0.29, 0.717) is 0 Å². The van der Waals surface area contributed by atoms with Gasteiger partial charge in [0.1, 0.15) is 0 Å². The topological polar surface area (TPSA) is 41.1 Å². The summed E-state index contributed by atoms with van der Waals surface area (Å²) in [6, 6.07) is 7.98. The minimum absolute atomic E-state index is 0.0147. The van der Waals surface area contributed by atoms with Crippen LogP contribution in [0.25, 0.3) is 0 Å². The van der Waals surface area contributed by atoms with Crippen molar-refractivity contribution in [1.82, 2.24) is 5.32 Å². The van der Waals surface area contributed by atoms with E-state index >= 15 is 0 Å². The van der Waals surface area contributed by atoms with Gasteiger partial charge in [-0.3, -0.25) is 4.79 Å². The molecular formula is C14H22N2O. The molecule has 0 heterocycles. The van der Waals surface area contributed by atoms with Gasteiger partial charge in [0.15, 0.2) is 0 Å². The Morgan fingerprint density at radius 3 is 2.41 bits per heavy atom. The summed E-state index contributed by atoms with van der Waals surface area (Å²) in [6.45, 7) is 7.84. The number of anilines is 1. The highest BCUT2D eigenvalue weighted by Gasteiger charge is 2.06. The van der Waals surface area contributed by atoms with Crippen LogP contribution in [0.3, 0.4) is 0 Å². The molecule has 0 aliphatic carbocycles. The van der Waals surface area contributed by atoms with E-state index in [1.54, 1.807) is 0 Å². The molecule has 1 rings (SSSR count). The number of rotatable bonds is 6. The molecule has 94 valence electrons. The number of hydrogen-bond donors (Lipinski definition) is 2. The lowest BCUT2D eigenvalue weighted by molar-refractivity contribution is -0.118. The first-order valence-electron chi connectivity index (χ1n) is 6.24. The van der Waals surface area contributed by atoms with Gasteiger partial charge in [-0.1, -0.05) is 32.9 Å². The summed E-state index contributed by atoms with van der Waals surface area (Å²) in [4.78, 5) is 11.5. The van der Waals surface area contributed by atoms with Crippen molar-refractivity contribution in [2.75, 3.05) is 11.9 Å². The molecule has 0 atom stereocenters. The molecule has 0 unspecified atom stereocenters. The van der Waals surface area contributed by atoms with Crippen LogP contribution in [-0.4, -0.2) is 12.5 Å². The first kappa shape index (κ1) is 13.7. The predicted octanol–water partition coefficient (Wildman–Crippen LogP) is 2.78. The third-order valence-electron chi connectivity index (χ3n) is 2.50. The minimum atomic E-state index is 0.0147. The molecule has 0 bridgehead atoms. The third kappa shape index (κ3) is 5.00. The van der Waals surface area contributed by atoms with Crippen molar-refractivity contribution in [3.05, 3.63) is 29.8 Å². The number of carbonyl (C=O) groups excluding carboxylic acids is 1. The molecule has 1 amide bonds. The normalized spacial score (nSPS) is 10.6. The van der Waals surface area contributed by atoms with Gasteiger partial charge in [-0.2, -0.15) is 0 Å². The van der Waals surface area contributed by atoms with Crippen LogP contribution in [0.15, 0.2) is 24.3 Å². The van der Waals surface area contributed by atoms with Gasteiger partial charge in [-0.05, 0) is 30.7 Å². The highest BCUT2D eigenvalue weighted by molar-refractivity contribution is 5.91. The second-order valence-corrected chi connectivity index (χ2v) is 4.52. The van der Waals surface area contributed by atoms with Crippen LogP contribution in [0.2, 0.25) is 0 Å². The molecular weight excluding hydrogens is 212 g/mol. The average Bonchev–Trinajstić information content (AvgIpc) is 2.31. The molecule has 0 aliphatic rings. The van der Waals surface area contributed by atoms with Gasteiger partial charge in [0.2, 0.25) is 5.91 Å². The smallest absolute Gasteiger partial charge is 0.226 e. The first-order valence-corrected chi connectivity index (χ1v) is 6.24. The lowest BCUT2D eigenvalue weighted by Crippen LogP contribution is -2.18. The van der Waals surface area contributed by atoms with Crippen molar-refractivity contribution in [2.24, 2.45) is 5.92 Å². The van der Waals surface area contributed by atoms with Gasteiger partial charge in [-0.25, -0.2) is 0 Å². The van der Waals surface area contributed by atoms with Crippen LogP contribution in [0, 0.1) is 5.92 Å². The number of amides is 1. The predicted molar refractivity (Wildman–Crippen MR) is 71.9 cm³/mol. The summed E-state index contributed by atoms with van der Waals surface area (Å²) in [5, 5.41) is 6.22. The molecule has 0 radical (unpaired) electrons. The second-order valence-electron chi connectivity index (χ2n) is 4.52. The molecule has 2 N–H and O–H groups in total. The highest BCUT2D eigenvalue weighted by Crippen LogP contribution is 2.10. The Bertz CT molecular complexity index is 344. The second kappa shape index (κ2) is 7.07. The molecule has 0 saturated carbocycles. The van der Waals surface area contributed by atoms with E-state index in [9.17, 15) is 4.79 Å². The molecule has 0 aliphatic heterocycles. The molecule has 1 aromatic rings. The van der Waals surface area contributed by atoms with Gasteiger partial charge < -0.3 is 10.6 Å². The number of benzene rings is 1. The summed E-state index contributed by atoms with van der Waals surface area (Å²) in [5.41, 5.74) is 2.10. The minimum Gasteiger partial charge on any atom is -0.326 e. The van der Waals surface area contributed by atoms with Crippen LogP contribution in [0.5, 0.6) is 0 Å². The molecule has 3 heteroatoms. The Hall–Kier alpha value is -1.35. The average molecular weight is 234 g/mol. The van der Waals surface area contributed by atoms with E-state index in [-0.39, 0.29) is 11.8 Å². The van der Waals surface area contributed by atoms with E-state index < -0.39 is 0 Å². The van der Waals surface area contributed by atoms with Crippen molar-refractivity contribution in [3.63, 3.8) is 0 Å². The highest BCUT2D eigenvalue weighted by atomic mass is 16.1. The lowest BCUT2D eigenvalue weighted by Gasteiger charge is -2.08. The fraction of sp³-hybridized carbons (Fsp3) is 0.500. The van der Waals surface area contributed by atoms with Crippen LogP contribution in [0.1, 0.15) is 32.8 Å². The van der Waals surface area contributed by atoms with Crippen LogP contribution < -0.4 is 10.6 Å². The summed E-state index contributed by atoms with van der Waals surface area (Å²) >= 11 is 0. The zero-order valence-corrected chi connectivity index (χ0v) is 10.9. The summed E-state index contributed by atoms with van der Waals surface area (Å²) in [6.07, 6.45) is 1.14. The Balaban J connectivity index is 2.47. The van der Waals surface area contributed by atoms with Gasteiger partial charge in [0, 0.05) is 18.2 Å². The Morgan fingerprint density at radius 2 is 1.88 bits per heavy atom. The maximum Gasteiger partial charge on any atom is 0.226 e. The van der Waals surface area contributed by atoms with Gasteiger partial charge in [0.05, 0.1) is 0 Å². The zero-order chi connectivity index (χ0) is 12.7. The van der Waals surface area contributed by atoms with E-state index in [4.69, 9.17) is 0 Å². The third-order valence-corrected chi connectivity index (χ3v) is 2.50. The Kier molecular flexibility index (Phi) is 5.70. The maximum absolute atomic E-state index is 11.5. The van der Waals surface area contributed by atoms with Crippen molar-refractivity contribution in [3.8, 4) is 0 Å². The Labute approximate surface area is 104 Å². The quantitative estimate of drug-likeness (QED) is 0.743. The first-order chi connectivity index (χ1) is 8.13. The van der Waals surface area contributed by atoms with Gasteiger partial charge in [0.25, 0.3) is 0 Å². The molecule has 0 spiro atoms. The molecule has 0 fully saturated rings. The van der Waals surface area contributed by atoms with Gasteiger partial charge >= 0.3 is 0 Å². The molecule has 0 aromatic heterocycles. The van der Waals surface area contributed by atoms with E-state index in [0.717, 1.165) is 25.2 Å². The standard InChI is InChI=1S/C14H22N2O/c1-4-9-15-10-12-5-7-13(8-6-12)16-14(17)11(2)3/h5-8,11,15H,4,9-10H2,1-3H3,(H,16,17). The number of nitrogens with one attached hydrogen (secondary N) is 2. The van der Waals surface area contributed by atoms with Crippen molar-refractivity contribution in [2.45, 2.75) is 33.7 Å². The zero-order valence-electron chi connectivity index (χ0n) is 10.9. The van der Waals surface area contributed by atoms with Crippen LogP contribution in [0.4, 0.5) is 5.69 Å². The van der Waals surface area contributed by atoms with E-state index in [1.807, 2.05) is 38.1 Å². The lowest BCUT2D eigenvalue weighted by atomic mass is 10.1. The molecule has 0 saturated heterocycles. The SMILES string of the molecule is CCCNCc1ccc(NC(=O)C(C)C)cc1. The Morgan fingerprint density at radius 1 is 1.24 bits per heavy atom. The largest absolute Gasteiger partial charge is 0.326 e. The molecule has 3 nitrogen and oxygen atoms in total.